The molecule has 1 aromatic carbocycles. The van der Waals surface area contributed by atoms with Crippen molar-refractivity contribution < 1.29 is 27.9 Å². The fourth-order valence-electron chi connectivity index (χ4n) is 2.73. The first kappa shape index (κ1) is 19.7. The number of hydrogen-bond acceptors (Lipinski definition) is 6. The lowest BCUT2D eigenvalue weighted by molar-refractivity contribution is -0.131. The minimum atomic E-state index is -3.74. The Balaban J connectivity index is 2.73. The number of methoxy groups -OCH3 is 1. The minimum absolute atomic E-state index is 0.158. The van der Waals surface area contributed by atoms with Gasteiger partial charge in [0.2, 0.25) is 0 Å². The van der Waals surface area contributed by atoms with E-state index in [0.29, 0.717) is 17.1 Å². The van der Waals surface area contributed by atoms with Crippen LogP contribution in [-0.2, 0) is 23.1 Å². The second-order valence-corrected chi connectivity index (χ2v) is 8.37. The molecule has 1 unspecified atom stereocenters. The molecule has 0 fully saturated rings. The fourth-order valence-corrected chi connectivity index (χ4v) is 5.36. The van der Waals surface area contributed by atoms with Crippen LogP contribution >= 0.6 is 7.60 Å². The quantitative estimate of drug-likeness (QED) is 0.240. The number of carbonyl (C=O) groups excluding carboxylic acids is 1. The van der Waals surface area contributed by atoms with Gasteiger partial charge >= 0.3 is 13.6 Å². The highest BCUT2D eigenvalue weighted by Gasteiger charge is 2.49. The Hall–Kier alpha value is -1.62. The molecule has 0 radical (unpaired) electrons. The molecular formula is C18H25O6P. The van der Waals surface area contributed by atoms with Crippen LogP contribution in [0.5, 0.6) is 5.75 Å². The fraction of sp³-hybridized carbons (Fsp3) is 0.500. The molecule has 6 nitrogen and oxygen atoms in total. The lowest BCUT2D eigenvalue weighted by atomic mass is 10.00. The Morgan fingerprint density at radius 1 is 1.12 bits per heavy atom. The van der Waals surface area contributed by atoms with Gasteiger partial charge in [0.25, 0.3) is 0 Å². The van der Waals surface area contributed by atoms with Gasteiger partial charge in [0, 0.05) is 5.56 Å². The zero-order valence-electron chi connectivity index (χ0n) is 15.4. The number of benzene rings is 1. The van der Waals surface area contributed by atoms with Crippen molar-refractivity contribution in [3.8, 4) is 5.75 Å². The van der Waals surface area contributed by atoms with Gasteiger partial charge in [-0.25, -0.2) is 4.79 Å². The highest BCUT2D eigenvalue weighted by atomic mass is 31.2. The molecule has 1 aliphatic heterocycles. The van der Waals surface area contributed by atoms with Crippen LogP contribution in [0.15, 0.2) is 35.6 Å². The maximum atomic E-state index is 13.8. The topological polar surface area (TPSA) is 71.1 Å². The zero-order valence-corrected chi connectivity index (χ0v) is 16.3. The Bertz CT molecular complexity index is 708. The van der Waals surface area contributed by atoms with Crippen molar-refractivity contribution in [3.05, 3.63) is 41.2 Å². The van der Waals surface area contributed by atoms with E-state index < -0.39 is 19.2 Å². The molecule has 0 saturated carbocycles. The van der Waals surface area contributed by atoms with Crippen molar-refractivity contribution in [3.63, 3.8) is 0 Å². The van der Waals surface area contributed by atoms with Crippen molar-refractivity contribution in [2.45, 2.75) is 52.5 Å². The smallest absolute Gasteiger partial charge is 0.344 e. The first-order valence-electron chi connectivity index (χ1n) is 8.22. The number of fused-ring (bicyclic) bond motifs is 1. The van der Waals surface area contributed by atoms with E-state index in [9.17, 15) is 9.36 Å². The summed E-state index contributed by atoms with van der Waals surface area (Å²) in [6, 6.07) is 6.96. The average molecular weight is 368 g/mol. The minimum Gasteiger partial charge on any atom is -0.501 e. The Morgan fingerprint density at radius 2 is 1.68 bits per heavy atom. The molecule has 0 saturated heterocycles. The standard InChI is InChI=1S/C18H25O6P/c1-11(2)23-25(20,24-12(3)4)17-14-9-7-8-10-15(14)22-18(19)16(17)13(5)21-6/h7-12,17H,1-6H3/b16-13-. The molecule has 0 aliphatic carbocycles. The number of carbonyl (C=O) groups is 1. The predicted octanol–water partition coefficient (Wildman–Crippen LogP) is 4.61. The summed E-state index contributed by atoms with van der Waals surface area (Å²) in [7, 11) is -2.29. The monoisotopic (exact) mass is 368 g/mol. The molecule has 1 aromatic rings. The summed E-state index contributed by atoms with van der Waals surface area (Å²) in [5.41, 5.74) is -0.168. The van der Waals surface area contributed by atoms with Gasteiger partial charge in [-0.05, 0) is 40.7 Å². The molecule has 0 spiro atoms. The Morgan fingerprint density at radius 3 is 2.20 bits per heavy atom. The molecule has 0 aromatic heterocycles. The van der Waals surface area contributed by atoms with E-state index in [1.54, 1.807) is 58.9 Å². The maximum absolute atomic E-state index is 13.8. The van der Waals surface area contributed by atoms with Gasteiger partial charge in [0.05, 0.1) is 24.9 Å². The van der Waals surface area contributed by atoms with Crippen LogP contribution < -0.4 is 4.74 Å². The van der Waals surface area contributed by atoms with Crippen LogP contribution in [0.3, 0.4) is 0 Å². The van der Waals surface area contributed by atoms with E-state index in [4.69, 9.17) is 18.5 Å². The summed E-state index contributed by atoms with van der Waals surface area (Å²) in [5, 5.41) is 0. The van der Waals surface area contributed by atoms with E-state index in [1.807, 2.05) is 0 Å². The van der Waals surface area contributed by atoms with Gasteiger partial charge in [0.15, 0.2) is 0 Å². The first-order valence-corrected chi connectivity index (χ1v) is 9.83. The third-order valence-corrected chi connectivity index (χ3v) is 6.23. The Labute approximate surface area is 148 Å². The second-order valence-electron chi connectivity index (χ2n) is 6.35. The van der Waals surface area contributed by atoms with Gasteiger partial charge in [0.1, 0.15) is 17.2 Å². The van der Waals surface area contributed by atoms with Crippen LogP contribution in [-0.4, -0.2) is 25.3 Å². The average Bonchev–Trinajstić information content (AvgIpc) is 2.51. The SMILES string of the molecule is CO/C(C)=C1\C(=O)Oc2ccccc2C1P(=O)(OC(C)C)OC(C)C. The van der Waals surface area contributed by atoms with Gasteiger partial charge in [-0.15, -0.1) is 0 Å². The van der Waals surface area contributed by atoms with Gasteiger partial charge in [-0.2, -0.15) is 0 Å². The van der Waals surface area contributed by atoms with Crippen LogP contribution in [0.4, 0.5) is 0 Å². The number of hydrogen-bond donors (Lipinski definition) is 0. The number of para-hydroxylation sites is 1. The van der Waals surface area contributed by atoms with Crippen LogP contribution in [0, 0.1) is 0 Å². The highest BCUT2D eigenvalue weighted by Crippen LogP contribution is 2.67. The molecule has 25 heavy (non-hydrogen) atoms. The van der Waals surface area contributed by atoms with Crippen molar-refractivity contribution in [2.24, 2.45) is 0 Å². The van der Waals surface area contributed by atoms with E-state index in [2.05, 4.69) is 0 Å². The number of rotatable bonds is 6. The molecule has 138 valence electrons. The highest BCUT2D eigenvalue weighted by molar-refractivity contribution is 7.54. The van der Waals surface area contributed by atoms with Crippen LogP contribution in [0.25, 0.3) is 0 Å². The maximum Gasteiger partial charge on any atom is 0.344 e. The molecule has 0 amide bonds. The molecule has 1 atom stereocenters. The summed E-state index contributed by atoms with van der Waals surface area (Å²) in [4.78, 5) is 12.6. The summed E-state index contributed by atoms with van der Waals surface area (Å²) in [6.45, 7) is 8.73. The van der Waals surface area contributed by atoms with E-state index in [-0.39, 0.29) is 17.8 Å². The van der Waals surface area contributed by atoms with Gasteiger partial charge in [-0.1, -0.05) is 18.2 Å². The van der Waals surface area contributed by atoms with Gasteiger partial charge in [-0.3, -0.25) is 4.57 Å². The number of esters is 1. The number of ether oxygens (including phenoxy) is 2. The van der Waals surface area contributed by atoms with E-state index in [0.717, 1.165) is 0 Å². The molecule has 0 N–H and O–H groups in total. The lowest BCUT2D eigenvalue weighted by Gasteiger charge is -2.34. The second kappa shape index (κ2) is 7.73. The third kappa shape index (κ3) is 4.14. The van der Waals surface area contributed by atoms with E-state index >= 15 is 0 Å². The zero-order chi connectivity index (χ0) is 18.8. The summed E-state index contributed by atoms with van der Waals surface area (Å²) in [6.07, 6.45) is -0.697. The molecule has 0 bridgehead atoms. The third-order valence-electron chi connectivity index (χ3n) is 3.63. The molecule has 1 heterocycles. The molecule has 2 rings (SSSR count). The summed E-state index contributed by atoms with van der Waals surface area (Å²) in [5.74, 6) is 0.0671. The van der Waals surface area contributed by atoms with Crippen molar-refractivity contribution in [2.75, 3.05) is 7.11 Å². The van der Waals surface area contributed by atoms with Crippen molar-refractivity contribution >= 4 is 13.6 Å². The molecular weight excluding hydrogens is 343 g/mol. The van der Waals surface area contributed by atoms with Crippen LogP contribution in [0.2, 0.25) is 0 Å². The van der Waals surface area contributed by atoms with Crippen molar-refractivity contribution in [1.82, 2.24) is 0 Å². The predicted molar refractivity (Wildman–Crippen MR) is 94.6 cm³/mol. The van der Waals surface area contributed by atoms with Crippen LogP contribution in [0.1, 0.15) is 45.8 Å². The van der Waals surface area contributed by atoms with Gasteiger partial charge < -0.3 is 18.5 Å². The normalized spacial score (nSPS) is 19.7. The molecule has 7 heteroatoms. The summed E-state index contributed by atoms with van der Waals surface area (Å²) < 4.78 is 35.9. The lowest BCUT2D eigenvalue weighted by Crippen LogP contribution is -2.27. The van der Waals surface area contributed by atoms with Crippen molar-refractivity contribution in [1.29, 1.82) is 0 Å². The van der Waals surface area contributed by atoms with E-state index in [1.165, 1.54) is 7.11 Å². The molecule has 1 aliphatic rings. The Kier molecular flexibility index (Phi) is 6.09. The first-order chi connectivity index (χ1) is 11.7. The summed E-state index contributed by atoms with van der Waals surface area (Å²) >= 11 is 0. The largest absolute Gasteiger partial charge is 0.501 e. The number of allylic oxidation sites excluding steroid dienone is 1.